The van der Waals surface area contributed by atoms with E-state index >= 15 is 0 Å². The van der Waals surface area contributed by atoms with Gasteiger partial charge in [-0.15, -0.1) is 0 Å². The Morgan fingerprint density at radius 3 is 1.83 bits per heavy atom. The quantitative estimate of drug-likeness (QED) is 0.561. The van der Waals surface area contributed by atoms with Gasteiger partial charge >= 0.3 is 12.4 Å². The van der Waals surface area contributed by atoms with Gasteiger partial charge in [0.2, 0.25) is 0 Å². The first kappa shape index (κ1) is 17.2. The zero-order chi connectivity index (χ0) is 17.4. The highest BCUT2D eigenvalue weighted by Gasteiger charge is 2.36. The summed E-state index contributed by atoms with van der Waals surface area (Å²) in [6.45, 7) is 0. The number of alkyl halides is 8. The average molecular weight is 340 g/mol. The van der Waals surface area contributed by atoms with E-state index in [-0.39, 0.29) is 11.1 Å². The third-order valence-corrected chi connectivity index (χ3v) is 3.12. The molecule has 0 radical (unpaired) electrons. The van der Waals surface area contributed by atoms with Crippen LogP contribution in [0.25, 0.3) is 11.1 Å². The van der Waals surface area contributed by atoms with Crippen LogP contribution in [0, 0.1) is 0 Å². The number of hydrogen-bond acceptors (Lipinski definition) is 0. The number of benzene rings is 2. The van der Waals surface area contributed by atoms with Crippen LogP contribution in [0.15, 0.2) is 42.5 Å². The van der Waals surface area contributed by atoms with Crippen molar-refractivity contribution in [2.75, 3.05) is 0 Å². The molecule has 0 bridgehead atoms. The average Bonchev–Trinajstić information content (AvgIpc) is 2.45. The summed E-state index contributed by atoms with van der Waals surface area (Å²) < 4.78 is 102. The van der Waals surface area contributed by atoms with E-state index in [4.69, 9.17) is 0 Å². The zero-order valence-corrected chi connectivity index (χ0v) is 11.1. The minimum Gasteiger partial charge on any atom is -0.205 e. The summed E-state index contributed by atoms with van der Waals surface area (Å²) in [5, 5.41) is 0. The molecule has 0 saturated carbocycles. The Hall–Kier alpha value is -2.12. The van der Waals surface area contributed by atoms with Crippen LogP contribution in [0.4, 0.5) is 35.1 Å². The summed E-state index contributed by atoms with van der Waals surface area (Å²) in [5.74, 6) is 0. The SMILES string of the molecule is FC(F)c1ccc(-c2cccc(C(F)(F)F)c2)cc1C(F)(F)F. The van der Waals surface area contributed by atoms with Crippen LogP contribution in [0.2, 0.25) is 0 Å². The van der Waals surface area contributed by atoms with Crippen LogP contribution >= 0.6 is 0 Å². The largest absolute Gasteiger partial charge is 0.416 e. The van der Waals surface area contributed by atoms with Crippen LogP contribution in [0.5, 0.6) is 0 Å². The molecule has 0 nitrogen and oxygen atoms in total. The molecule has 2 aromatic carbocycles. The first-order chi connectivity index (χ1) is 10.5. The van der Waals surface area contributed by atoms with Gasteiger partial charge in [0.25, 0.3) is 6.43 Å². The Labute approximate surface area is 125 Å². The predicted octanol–water partition coefficient (Wildman–Crippen LogP) is 6.33. The van der Waals surface area contributed by atoms with Gasteiger partial charge in [-0.1, -0.05) is 24.3 Å². The number of hydrogen-bond donors (Lipinski definition) is 0. The van der Waals surface area contributed by atoms with Gasteiger partial charge in [-0.2, -0.15) is 26.3 Å². The summed E-state index contributed by atoms with van der Waals surface area (Å²) in [6.07, 6.45) is -13.0. The molecule has 0 heterocycles. The van der Waals surface area contributed by atoms with Crippen LogP contribution in [-0.4, -0.2) is 0 Å². The first-order valence-corrected chi connectivity index (χ1v) is 6.17. The van der Waals surface area contributed by atoms with Gasteiger partial charge in [0.15, 0.2) is 0 Å². The van der Waals surface area contributed by atoms with E-state index in [2.05, 4.69) is 0 Å². The third-order valence-electron chi connectivity index (χ3n) is 3.12. The fourth-order valence-electron chi connectivity index (χ4n) is 2.05. The fraction of sp³-hybridized carbons (Fsp3) is 0.200. The van der Waals surface area contributed by atoms with Gasteiger partial charge in [0.1, 0.15) is 0 Å². The fourth-order valence-corrected chi connectivity index (χ4v) is 2.05. The molecule has 0 aliphatic carbocycles. The predicted molar refractivity (Wildman–Crippen MR) is 66.8 cm³/mol. The molecule has 0 fully saturated rings. The lowest BCUT2D eigenvalue weighted by Gasteiger charge is -2.15. The second-order valence-corrected chi connectivity index (χ2v) is 4.68. The normalized spacial score (nSPS) is 12.7. The minimum absolute atomic E-state index is 0.147. The second-order valence-electron chi connectivity index (χ2n) is 4.68. The maximum atomic E-state index is 12.9. The molecule has 0 spiro atoms. The van der Waals surface area contributed by atoms with Gasteiger partial charge in [-0.05, 0) is 29.3 Å². The Kier molecular flexibility index (Phi) is 4.37. The Morgan fingerprint density at radius 1 is 0.696 bits per heavy atom. The summed E-state index contributed by atoms with van der Waals surface area (Å²) in [6, 6.07) is 5.57. The van der Waals surface area contributed by atoms with Crippen LogP contribution in [0.3, 0.4) is 0 Å². The summed E-state index contributed by atoms with van der Waals surface area (Å²) in [5.41, 5.74) is -4.20. The molecule has 8 heteroatoms. The van der Waals surface area contributed by atoms with Gasteiger partial charge in [-0.25, -0.2) is 8.78 Å². The van der Waals surface area contributed by atoms with Crippen molar-refractivity contribution in [3.05, 3.63) is 59.2 Å². The molecule has 0 aliphatic rings. The van der Waals surface area contributed by atoms with E-state index < -0.39 is 35.5 Å². The lowest BCUT2D eigenvalue weighted by molar-refractivity contribution is -0.139. The van der Waals surface area contributed by atoms with Crippen molar-refractivity contribution >= 4 is 0 Å². The highest BCUT2D eigenvalue weighted by atomic mass is 19.4. The highest BCUT2D eigenvalue weighted by Crippen LogP contribution is 2.39. The van der Waals surface area contributed by atoms with Crippen LogP contribution in [0.1, 0.15) is 23.1 Å². The molecule has 0 unspecified atom stereocenters. The van der Waals surface area contributed by atoms with Crippen molar-refractivity contribution in [2.45, 2.75) is 18.8 Å². The molecule has 0 saturated heterocycles. The standard InChI is InChI=1S/C15H8F8/c16-13(17)11-5-4-9(7-12(11)15(21,22)23)8-2-1-3-10(6-8)14(18,19)20/h1-7,13H. The Balaban J connectivity index is 2.58. The maximum Gasteiger partial charge on any atom is 0.416 e. The Morgan fingerprint density at radius 2 is 1.30 bits per heavy atom. The van der Waals surface area contributed by atoms with Crippen LogP contribution < -0.4 is 0 Å². The minimum atomic E-state index is -5.04. The smallest absolute Gasteiger partial charge is 0.205 e. The monoisotopic (exact) mass is 340 g/mol. The molecule has 0 atom stereocenters. The molecule has 0 N–H and O–H groups in total. The Bertz CT molecular complexity index is 697. The van der Waals surface area contributed by atoms with Crippen molar-refractivity contribution in [1.82, 2.24) is 0 Å². The van der Waals surface area contributed by atoms with Crippen molar-refractivity contribution in [3.8, 4) is 11.1 Å². The van der Waals surface area contributed by atoms with Crippen molar-refractivity contribution in [2.24, 2.45) is 0 Å². The zero-order valence-electron chi connectivity index (χ0n) is 11.1. The van der Waals surface area contributed by atoms with Crippen molar-refractivity contribution < 1.29 is 35.1 Å². The van der Waals surface area contributed by atoms with Crippen molar-refractivity contribution in [3.63, 3.8) is 0 Å². The van der Waals surface area contributed by atoms with Gasteiger partial charge in [-0.3, -0.25) is 0 Å². The lowest BCUT2D eigenvalue weighted by atomic mass is 9.97. The molecule has 2 rings (SSSR count). The summed E-state index contributed by atoms with van der Waals surface area (Å²) >= 11 is 0. The molecule has 2 aromatic rings. The van der Waals surface area contributed by atoms with E-state index in [0.29, 0.717) is 18.2 Å². The highest BCUT2D eigenvalue weighted by molar-refractivity contribution is 5.66. The van der Waals surface area contributed by atoms with E-state index in [1.807, 2.05) is 0 Å². The van der Waals surface area contributed by atoms with Gasteiger partial charge < -0.3 is 0 Å². The summed E-state index contributed by atoms with van der Waals surface area (Å²) in [7, 11) is 0. The van der Waals surface area contributed by atoms with Crippen molar-refractivity contribution in [1.29, 1.82) is 0 Å². The number of halogens is 8. The lowest BCUT2D eigenvalue weighted by Crippen LogP contribution is -2.10. The molecule has 124 valence electrons. The van der Waals surface area contributed by atoms with E-state index in [1.54, 1.807) is 0 Å². The molecule has 0 aliphatic heterocycles. The van der Waals surface area contributed by atoms with Crippen LogP contribution in [-0.2, 0) is 12.4 Å². The maximum absolute atomic E-state index is 12.9. The van der Waals surface area contributed by atoms with Gasteiger partial charge in [0, 0.05) is 5.56 Å². The molecular formula is C15H8F8. The molecule has 0 aromatic heterocycles. The second kappa shape index (κ2) is 5.82. The first-order valence-electron chi connectivity index (χ1n) is 6.17. The third kappa shape index (κ3) is 3.80. The molecular weight excluding hydrogens is 332 g/mol. The van der Waals surface area contributed by atoms with E-state index in [9.17, 15) is 35.1 Å². The van der Waals surface area contributed by atoms with E-state index in [0.717, 1.165) is 18.2 Å². The summed E-state index contributed by atoms with van der Waals surface area (Å²) in [4.78, 5) is 0. The number of rotatable bonds is 2. The van der Waals surface area contributed by atoms with Gasteiger partial charge in [0.05, 0.1) is 11.1 Å². The topological polar surface area (TPSA) is 0 Å². The molecule has 0 amide bonds. The van der Waals surface area contributed by atoms with E-state index in [1.165, 1.54) is 6.07 Å². The molecule has 23 heavy (non-hydrogen) atoms.